The molecule has 94 valence electrons. The Balaban J connectivity index is 2.04. The van der Waals surface area contributed by atoms with Crippen molar-refractivity contribution in [2.24, 2.45) is 0 Å². The predicted molar refractivity (Wildman–Crippen MR) is 76.2 cm³/mol. The number of benzene rings is 1. The van der Waals surface area contributed by atoms with Gasteiger partial charge in [0.2, 0.25) is 0 Å². The number of carbonyl (C=O) groups is 1. The molecule has 3 nitrogen and oxygen atoms in total. The van der Waals surface area contributed by atoms with Crippen LogP contribution in [0.5, 0.6) is 0 Å². The Morgan fingerprint density at radius 3 is 2.78 bits per heavy atom. The Bertz CT molecular complexity index is 535. The van der Waals surface area contributed by atoms with Crippen LogP contribution in [0.25, 0.3) is 0 Å². The molecule has 0 saturated carbocycles. The minimum Gasteiger partial charge on any atom is -0.388 e. The summed E-state index contributed by atoms with van der Waals surface area (Å²) in [6.45, 7) is 2.53. The summed E-state index contributed by atoms with van der Waals surface area (Å²) in [4.78, 5) is 13.2. The maximum Gasteiger partial charge on any atom is 0.251 e. The number of thiophene rings is 1. The fraction of sp³-hybridized carbons (Fsp3) is 0.214. The lowest BCUT2D eigenvalue weighted by Crippen LogP contribution is -2.23. The maximum atomic E-state index is 12.0. The van der Waals surface area contributed by atoms with Gasteiger partial charge in [-0.1, -0.05) is 6.07 Å². The lowest BCUT2D eigenvalue weighted by Gasteiger charge is -2.08. The van der Waals surface area contributed by atoms with Crippen LogP contribution >= 0.6 is 11.3 Å². The Labute approximate surface area is 111 Å². The van der Waals surface area contributed by atoms with E-state index in [-0.39, 0.29) is 5.91 Å². The molecule has 1 amide bonds. The fourth-order valence-corrected chi connectivity index (χ4v) is 2.39. The van der Waals surface area contributed by atoms with E-state index in [2.05, 4.69) is 10.6 Å². The quantitative estimate of drug-likeness (QED) is 0.887. The van der Waals surface area contributed by atoms with Gasteiger partial charge in [0.1, 0.15) is 0 Å². The third-order valence-corrected chi connectivity index (χ3v) is 3.64. The molecule has 4 heteroatoms. The summed E-state index contributed by atoms with van der Waals surface area (Å²) in [5, 5.41) is 8.00. The number of anilines is 1. The Morgan fingerprint density at radius 1 is 1.33 bits per heavy atom. The standard InChI is InChI=1S/C14H16N2OS/c1-10-8-11(15-2)5-6-13(10)14(17)16-9-12-4-3-7-18-12/h3-8,15H,9H2,1-2H3,(H,16,17). The molecule has 2 N–H and O–H groups in total. The van der Waals surface area contributed by atoms with Crippen LogP contribution in [-0.4, -0.2) is 13.0 Å². The first-order valence-corrected chi connectivity index (χ1v) is 6.67. The summed E-state index contributed by atoms with van der Waals surface area (Å²) in [5.41, 5.74) is 2.72. The van der Waals surface area contributed by atoms with Crippen molar-refractivity contribution in [3.05, 3.63) is 51.7 Å². The monoisotopic (exact) mass is 260 g/mol. The highest BCUT2D eigenvalue weighted by atomic mass is 32.1. The zero-order chi connectivity index (χ0) is 13.0. The van der Waals surface area contributed by atoms with Crippen molar-refractivity contribution in [1.29, 1.82) is 0 Å². The number of nitrogens with one attached hydrogen (secondary N) is 2. The molecule has 0 atom stereocenters. The molecular weight excluding hydrogens is 244 g/mol. The number of aryl methyl sites for hydroxylation is 1. The number of hydrogen-bond acceptors (Lipinski definition) is 3. The van der Waals surface area contributed by atoms with Gasteiger partial charge < -0.3 is 10.6 Å². The molecule has 18 heavy (non-hydrogen) atoms. The molecule has 1 aromatic heterocycles. The van der Waals surface area contributed by atoms with Crippen molar-refractivity contribution in [3.8, 4) is 0 Å². The first-order valence-electron chi connectivity index (χ1n) is 5.79. The van der Waals surface area contributed by atoms with Gasteiger partial charge in [-0.25, -0.2) is 0 Å². The minimum atomic E-state index is -0.0245. The van der Waals surface area contributed by atoms with Crippen molar-refractivity contribution in [1.82, 2.24) is 5.32 Å². The van der Waals surface area contributed by atoms with E-state index in [4.69, 9.17) is 0 Å². The predicted octanol–water partition coefficient (Wildman–Crippen LogP) is 3.03. The second kappa shape index (κ2) is 5.69. The maximum absolute atomic E-state index is 12.0. The van der Waals surface area contributed by atoms with Crippen LogP contribution in [-0.2, 0) is 6.54 Å². The van der Waals surface area contributed by atoms with E-state index in [9.17, 15) is 4.79 Å². The Kier molecular flexibility index (Phi) is 3.99. The summed E-state index contributed by atoms with van der Waals surface area (Å²) < 4.78 is 0. The lowest BCUT2D eigenvalue weighted by molar-refractivity contribution is 0.0950. The van der Waals surface area contributed by atoms with E-state index in [0.717, 1.165) is 21.7 Å². The summed E-state index contributed by atoms with van der Waals surface area (Å²) in [6, 6.07) is 9.74. The molecule has 0 aliphatic rings. The largest absolute Gasteiger partial charge is 0.388 e. The van der Waals surface area contributed by atoms with Gasteiger partial charge in [0.15, 0.2) is 0 Å². The van der Waals surface area contributed by atoms with Gasteiger partial charge in [-0.15, -0.1) is 11.3 Å². The van der Waals surface area contributed by atoms with E-state index < -0.39 is 0 Å². The summed E-state index contributed by atoms with van der Waals surface area (Å²) >= 11 is 1.65. The molecule has 0 spiro atoms. The van der Waals surface area contributed by atoms with Crippen LogP contribution in [0.1, 0.15) is 20.8 Å². The van der Waals surface area contributed by atoms with Crippen molar-refractivity contribution < 1.29 is 4.79 Å². The summed E-state index contributed by atoms with van der Waals surface area (Å²) in [6.07, 6.45) is 0. The average Bonchev–Trinajstić information content (AvgIpc) is 2.88. The molecule has 0 unspecified atom stereocenters. The van der Waals surface area contributed by atoms with Crippen molar-refractivity contribution in [3.63, 3.8) is 0 Å². The topological polar surface area (TPSA) is 41.1 Å². The molecular formula is C14H16N2OS. The van der Waals surface area contributed by atoms with Crippen molar-refractivity contribution in [2.75, 3.05) is 12.4 Å². The Morgan fingerprint density at radius 2 is 2.17 bits per heavy atom. The van der Waals surface area contributed by atoms with Crippen LogP contribution in [0, 0.1) is 6.92 Å². The van der Waals surface area contributed by atoms with Gasteiger partial charge in [0.25, 0.3) is 5.91 Å². The first-order chi connectivity index (χ1) is 8.70. The SMILES string of the molecule is CNc1ccc(C(=O)NCc2cccs2)c(C)c1. The van der Waals surface area contributed by atoms with Gasteiger partial charge in [-0.3, -0.25) is 4.79 Å². The highest BCUT2D eigenvalue weighted by Gasteiger charge is 2.09. The highest BCUT2D eigenvalue weighted by molar-refractivity contribution is 7.09. The third-order valence-electron chi connectivity index (χ3n) is 2.76. The number of rotatable bonds is 4. The molecule has 2 aromatic rings. The van der Waals surface area contributed by atoms with Crippen LogP contribution in [0.15, 0.2) is 35.7 Å². The van der Waals surface area contributed by atoms with Crippen LogP contribution in [0.2, 0.25) is 0 Å². The molecule has 0 saturated heterocycles. The van der Waals surface area contributed by atoms with Gasteiger partial charge in [0, 0.05) is 23.2 Å². The van der Waals surface area contributed by atoms with Crippen molar-refractivity contribution >= 4 is 22.9 Å². The molecule has 0 bridgehead atoms. The lowest BCUT2D eigenvalue weighted by atomic mass is 10.1. The molecule has 0 aliphatic heterocycles. The normalized spacial score (nSPS) is 10.1. The molecule has 0 fully saturated rings. The van der Waals surface area contributed by atoms with E-state index in [1.54, 1.807) is 11.3 Å². The first kappa shape index (κ1) is 12.6. The van der Waals surface area contributed by atoms with Gasteiger partial charge in [-0.05, 0) is 42.1 Å². The number of amides is 1. The highest BCUT2D eigenvalue weighted by Crippen LogP contribution is 2.15. The third kappa shape index (κ3) is 2.90. The second-order valence-corrected chi connectivity index (χ2v) is 5.07. The van der Waals surface area contributed by atoms with E-state index in [1.807, 2.05) is 49.7 Å². The molecule has 0 aliphatic carbocycles. The summed E-state index contributed by atoms with van der Waals surface area (Å²) in [5.74, 6) is -0.0245. The Hall–Kier alpha value is -1.81. The van der Waals surface area contributed by atoms with E-state index in [1.165, 1.54) is 0 Å². The van der Waals surface area contributed by atoms with Crippen LogP contribution in [0.4, 0.5) is 5.69 Å². The van der Waals surface area contributed by atoms with E-state index in [0.29, 0.717) is 6.54 Å². The zero-order valence-corrected chi connectivity index (χ0v) is 11.3. The number of carbonyl (C=O) groups excluding carboxylic acids is 1. The van der Waals surface area contributed by atoms with Gasteiger partial charge in [0.05, 0.1) is 6.54 Å². The average molecular weight is 260 g/mol. The number of hydrogen-bond donors (Lipinski definition) is 2. The molecule has 1 heterocycles. The van der Waals surface area contributed by atoms with E-state index >= 15 is 0 Å². The molecule has 0 radical (unpaired) electrons. The van der Waals surface area contributed by atoms with Crippen molar-refractivity contribution in [2.45, 2.75) is 13.5 Å². The smallest absolute Gasteiger partial charge is 0.251 e. The molecule has 1 aromatic carbocycles. The van der Waals surface area contributed by atoms with Gasteiger partial charge >= 0.3 is 0 Å². The molecule has 2 rings (SSSR count). The fourth-order valence-electron chi connectivity index (χ4n) is 1.75. The van der Waals surface area contributed by atoms with Gasteiger partial charge in [-0.2, -0.15) is 0 Å². The second-order valence-electron chi connectivity index (χ2n) is 4.04. The minimum absolute atomic E-state index is 0.0245. The summed E-state index contributed by atoms with van der Waals surface area (Å²) in [7, 11) is 1.87. The van der Waals surface area contributed by atoms with Crippen LogP contribution < -0.4 is 10.6 Å². The zero-order valence-electron chi connectivity index (χ0n) is 10.5. The van der Waals surface area contributed by atoms with Crippen LogP contribution in [0.3, 0.4) is 0 Å².